The van der Waals surface area contributed by atoms with Crippen molar-refractivity contribution in [1.29, 1.82) is 0 Å². The zero-order valence-electron chi connectivity index (χ0n) is 14.7. The predicted octanol–water partition coefficient (Wildman–Crippen LogP) is 5.60. The minimum Gasteiger partial charge on any atom is -0.495 e. The Morgan fingerprint density at radius 3 is 2.62 bits per heavy atom. The number of methoxy groups -OCH3 is 1. The van der Waals surface area contributed by atoms with Gasteiger partial charge in [-0.25, -0.2) is 0 Å². The lowest BCUT2D eigenvalue weighted by molar-refractivity contribution is -0.116. The van der Waals surface area contributed by atoms with Crippen LogP contribution >= 0.6 is 15.9 Å². The number of amides is 1. The molecule has 0 aliphatic heterocycles. The van der Waals surface area contributed by atoms with Crippen LogP contribution in [0.4, 0.5) is 5.69 Å². The number of ether oxygens (including phenoxy) is 1. The lowest BCUT2D eigenvalue weighted by Crippen LogP contribution is -2.13. The number of benzene rings is 2. The van der Waals surface area contributed by atoms with Crippen molar-refractivity contribution in [3.05, 3.63) is 70.4 Å². The van der Waals surface area contributed by atoms with E-state index in [2.05, 4.69) is 21.2 Å². The van der Waals surface area contributed by atoms with Crippen molar-refractivity contribution in [3.63, 3.8) is 0 Å². The van der Waals surface area contributed by atoms with Gasteiger partial charge in [-0.2, -0.15) is 0 Å². The minimum absolute atomic E-state index is 0.0736. The minimum atomic E-state index is -0.0736. The Balaban J connectivity index is 1.60. The number of carbonyl (C=O) groups excluding carboxylic acids is 1. The molecule has 0 spiro atoms. The van der Waals surface area contributed by atoms with Crippen LogP contribution in [0.1, 0.15) is 17.7 Å². The molecule has 0 fully saturated rings. The van der Waals surface area contributed by atoms with E-state index in [4.69, 9.17) is 9.15 Å². The second-order valence-electron chi connectivity index (χ2n) is 6.02. The molecule has 0 aliphatic carbocycles. The molecule has 1 N–H and O–H groups in total. The van der Waals surface area contributed by atoms with Gasteiger partial charge in [0, 0.05) is 22.9 Å². The maximum atomic E-state index is 12.3. The van der Waals surface area contributed by atoms with Gasteiger partial charge in [-0.15, -0.1) is 0 Å². The lowest BCUT2D eigenvalue weighted by atomic mass is 10.2. The van der Waals surface area contributed by atoms with E-state index < -0.39 is 0 Å². The number of rotatable bonds is 6. The number of anilines is 1. The number of halogens is 1. The number of nitrogens with one attached hydrogen (secondary N) is 1. The summed E-state index contributed by atoms with van der Waals surface area (Å²) >= 11 is 3.42. The summed E-state index contributed by atoms with van der Waals surface area (Å²) in [6, 6.07) is 17.5. The van der Waals surface area contributed by atoms with Crippen molar-refractivity contribution < 1.29 is 13.9 Å². The molecule has 4 nitrogen and oxygen atoms in total. The van der Waals surface area contributed by atoms with E-state index >= 15 is 0 Å². The molecular formula is C21H20BrNO3. The van der Waals surface area contributed by atoms with Gasteiger partial charge in [-0.05, 0) is 48.9 Å². The maximum Gasteiger partial charge on any atom is 0.224 e. The first-order chi connectivity index (χ1) is 12.5. The van der Waals surface area contributed by atoms with E-state index in [0.29, 0.717) is 24.3 Å². The first-order valence-electron chi connectivity index (χ1n) is 8.34. The number of furan rings is 1. The summed E-state index contributed by atoms with van der Waals surface area (Å²) in [5.41, 5.74) is 2.76. The quantitative estimate of drug-likeness (QED) is 0.572. The van der Waals surface area contributed by atoms with Crippen LogP contribution in [0.2, 0.25) is 0 Å². The van der Waals surface area contributed by atoms with Crippen LogP contribution in [-0.4, -0.2) is 13.0 Å². The molecule has 134 valence electrons. The topological polar surface area (TPSA) is 51.5 Å². The van der Waals surface area contributed by atoms with Gasteiger partial charge in [-0.1, -0.05) is 34.1 Å². The largest absolute Gasteiger partial charge is 0.495 e. The van der Waals surface area contributed by atoms with Crippen molar-refractivity contribution in [3.8, 4) is 17.1 Å². The molecule has 0 saturated carbocycles. The zero-order valence-corrected chi connectivity index (χ0v) is 16.3. The van der Waals surface area contributed by atoms with E-state index in [-0.39, 0.29) is 5.91 Å². The van der Waals surface area contributed by atoms with Gasteiger partial charge in [0.05, 0.1) is 12.8 Å². The van der Waals surface area contributed by atoms with E-state index in [1.54, 1.807) is 7.11 Å². The first-order valence-corrected chi connectivity index (χ1v) is 9.13. The molecule has 1 amide bonds. The van der Waals surface area contributed by atoms with Crippen molar-refractivity contribution in [2.45, 2.75) is 19.8 Å². The lowest BCUT2D eigenvalue weighted by Gasteiger charge is -2.10. The molecule has 0 unspecified atom stereocenters. The third kappa shape index (κ3) is 4.55. The maximum absolute atomic E-state index is 12.3. The van der Waals surface area contributed by atoms with Gasteiger partial charge in [0.2, 0.25) is 5.91 Å². The molecule has 1 aromatic heterocycles. The van der Waals surface area contributed by atoms with E-state index in [1.165, 1.54) is 0 Å². The van der Waals surface area contributed by atoms with Gasteiger partial charge >= 0.3 is 0 Å². The highest BCUT2D eigenvalue weighted by molar-refractivity contribution is 9.10. The van der Waals surface area contributed by atoms with Crippen molar-refractivity contribution >= 4 is 27.5 Å². The molecular weight excluding hydrogens is 394 g/mol. The fourth-order valence-corrected chi connectivity index (χ4v) is 2.91. The summed E-state index contributed by atoms with van der Waals surface area (Å²) in [5.74, 6) is 2.16. The molecule has 0 aliphatic rings. The standard InChI is InChI=1S/C21H20BrNO3/c1-14-3-10-20(25-2)18(13-14)23-21(24)12-9-17-8-11-19(26-17)15-4-6-16(22)7-5-15/h3-8,10-11,13H,9,12H2,1-2H3,(H,23,24). The van der Waals surface area contributed by atoms with E-state index in [9.17, 15) is 4.79 Å². The Morgan fingerprint density at radius 1 is 1.12 bits per heavy atom. The van der Waals surface area contributed by atoms with E-state index in [0.717, 1.165) is 27.1 Å². The van der Waals surface area contributed by atoms with Crippen LogP contribution in [0, 0.1) is 6.92 Å². The third-order valence-corrected chi connectivity index (χ3v) is 4.55. The third-order valence-electron chi connectivity index (χ3n) is 4.02. The summed E-state index contributed by atoms with van der Waals surface area (Å²) in [6.45, 7) is 1.97. The summed E-state index contributed by atoms with van der Waals surface area (Å²) in [6.07, 6.45) is 0.876. The van der Waals surface area contributed by atoms with Gasteiger partial charge in [0.15, 0.2) is 0 Å². The van der Waals surface area contributed by atoms with Gasteiger partial charge in [0.1, 0.15) is 17.3 Å². The summed E-state index contributed by atoms with van der Waals surface area (Å²) in [7, 11) is 1.59. The molecule has 1 heterocycles. The molecule has 3 rings (SSSR count). The smallest absolute Gasteiger partial charge is 0.224 e. The van der Waals surface area contributed by atoms with Gasteiger partial charge in [-0.3, -0.25) is 4.79 Å². The SMILES string of the molecule is COc1ccc(C)cc1NC(=O)CCc1ccc(-c2ccc(Br)cc2)o1. The molecule has 0 bridgehead atoms. The van der Waals surface area contributed by atoms with Crippen LogP contribution in [-0.2, 0) is 11.2 Å². The van der Waals surface area contributed by atoms with Crippen LogP contribution < -0.4 is 10.1 Å². The number of hydrogen-bond acceptors (Lipinski definition) is 3. The summed E-state index contributed by atoms with van der Waals surface area (Å²) < 4.78 is 12.2. The first kappa shape index (κ1) is 18.3. The van der Waals surface area contributed by atoms with Crippen LogP contribution in [0.15, 0.2) is 63.5 Å². The second-order valence-corrected chi connectivity index (χ2v) is 6.94. The summed E-state index contributed by atoms with van der Waals surface area (Å²) in [5, 5.41) is 2.91. The highest BCUT2D eigenvalue weighted by atomic mass is 79.9. The fraction of sp³-hybridized carbons (Fsp3) is 0.190. The molecule has 2 aromatic carbocycles. The molecule has 0 atom stereocenters. The Hall–Kier alpha value is -2.53. The molecule has 5 heteroatoms. The molecule has 26 heavy (non-hydrogen) atoms. The van der Waals surface area contributed by atoms with Gasteiger partial charge < -0.3 is 14.5 Å². The molecule has 0 radical (unpaired) electrons. The second kappa shape index (κ2) is 8.23. The average molecular weight is 414 g/mol. The van der Waals surface area contributed by atoms with E-state index in [1.807, 2.05) is 61.5 Å². The van der Waals surface area contributed by atoms with Crippen molar-refractivity contribution in [2.75, 3.05) is 12.4 Å². The Bertz CT molecular complexity index is 900. The Morgan fingerprint density at radius 2 is 1.88 bits per heavy atom. The van der Waals surface area contributed by atoms with Crippen molar-refractivity contribution in [1.82, 2.24) is 0 Å². The zero-order chi connectivity index (χ0) is 18.5. The highest BCUT2D eigenvalue weighted by Gasteiger charge is 2.10. The van der Waals surface area contributed by atoms with Crippen LogP contribution in [0.3, 0.4) is 0 Å². The Labute approximate surface area is 161 Å². The number of hydrogen-bond donors (Lipinski definition) is 1. The summed E-state index contributed by atoms with van der Waals surface area (Å²) in [4.78, 5) is 12.3. The molecule has 0 saturated heterocycles. The molecule has 3 aromatic rings. The normalized spacial score (nSPS) is 10.6. The monoisotopic (exact) mass is 413 g/mol. The fourth-order valence-electron chi connectivity index (χ4n) is 2.65. The Kier molecular flexibility index (Phi) is 5.78. The predicted molar refractivity (Wildman–Crippen MR) is 107 cm³/mol. The van der Waals surface area contributed by atoms with Gasteiger partial charge in [0.25, 0.3) is 0 Å². The van der Waals surface area contributed by atoms with Crippen LogP contribution in [0.25, 0.3) is 11.3 Å². The van der Waals surface area contributed by atoms with Crippen LogP contribution in [0.5, 0.6) is 5.75 Å². The van der Waals surface area contributed by atoms with Crippen molar-refractivity contribution in [2.24, 2.45) is 0 Å². The average Bonchev–Trinajstić information content (AvgIpc) is 3.10. The number of carbonyl (C=O) groups is 1. The number of aryl methyl sites for hydroxylation is 2. The highest BCUT2D eigenvalue weighted by Crippen LogP contribution is 2.26.